The van der Waals surface area contributed by atoms with Crippen molar-refractivity contribution < 1.29 is 14.3 Å². The highest BCUT2D eigenvalue weighted by Gasteiger charge is 2.13. The molecule has 2 rings (SSSR count). The first-order valence-electron chi connectivity index (χ1n) is 8.12. The Hall–Kier alpha value is -2.62. The molecule has 1 unspecified atom stereocenters. The second kappa shape index (κ2) is 8.87. The number of hydrogen-bond donors (Lipinski definition) is 1. The number of nitrogens with one attached hydrogen (secondary N) is 1. The first kappa shape index (κ1) is 17.7. The Bertz CT molecular complexity index is 682. The molecule has 0 spiro atoms. The zero-order valence-corrected chi connectivity index (χ0v) is 14.1. The number of carbonyl (C=O) groups is 2. The van der Waals surface area contributed by atoms with Gasteiger partial charge in [-0.1, -0.05) is 48.5 Å². The van der Waals surface area contributed by atoms with Gasteiger partial charge in [0.2, 0.25) is 0 Å². The zero-order valence-electron chi connectivity index (χ0n) is 14.1. The van der Waals surface area contributed by atoms with E-state index in [0.717, 1.165) is 18.4 Å². The van der Waals surface area contributed by atoms with Crippen LogP contribution in [0, 0.1) is 6.92 Å². The number of carbonyl (C=O) groups excluding carboxylic acids is 2. The second-order valence-corrected chi connectivity index (χ2v) is 5.88. The Labute approximate surface area is 142 Å². The fourth-order valence-electron chi connectivity index (χ4n) is 2.43. The van der Waals surface area contributed by atoms with Crippen molar-refractivity contribution in [2.45, 2.75) is 32.7 Å². The number of benzene rings is 2. The van der Waals surface area contributed by atoms with Gasteiger partial charge in [-0.15, -0.1) is 0 Å². The van der Waals surface area contributed by atoms with Crippen molar-refractivity contribution in [3.63, 3.8) is 0 Å². The maximum atomic E-state index is 12.0. The lowest BCUT2D eigenvalue weighted by molar-refractivity contribution is -0.124. The van der Waals surface area contributed by atoms with Crippen LogP contribution in [0.4, 0.5) is 0 Å². The van der Waals surface area contributed by atoms with Crippen LogP contribution in [0.2, 0.25) is 0 Å². The van der Waals surface area contributed by atoms with Crippen molar-refractivity contribution >= 4 is 11.9 Å². The number of rotatable bonds is 7. The Morgan fingerprint density at radius 1 is 1.04 bits per heavy atom. The van der Waals surface area contributed by atoms with Gasteiger partial charge in [-0.05, 0) is 43.9 Å². The summed E-state index contributed by atoms with van der Waals surface area (Å²) < 4.78 is 5.08. The molecule has 0 aromatic heterocycles. The second-order valence-electron chi connectivity index (χ2n) is 5.88. The van der Waals surface area contributed by atoms with Gasteiger partial charge in [-0.25, -0.2) is 4.79 Å². The van der Waals surface area contributed by atoms with E-state index in [1.165, 1.54) is 5.56 Å². The van der Waals surface area contributed by atoms with E-state index >= 15 is 0 Å². The van der Waals surface area contributed by atoms with Crippen LogP contribution in [-0.2, 0) is 16.0 Å². The molecule has 4 nitrogen and oxygen atoms in total. The number of amides is 1. The van der Waals surface area contributed by atoms with Crippen LogP contribution in [0.25, 0.3) is 0 Å². The number of hydrogen-bond acceptors (Lipinski definition) is 3. The van der Waals surface area contributed by atoms with Crippen LogP contribution in [0.3, 0.4) is 0 Å². The molecule has 0 aliphatic heterocycles. The molecular formula is C20H23NO3. The number of aryl methyl sites for hydroxylation is 2. The highest BCUT2D eigenvalue weighted by molar-refractivity contribution is 5.92. The Morgan fingerprint density at radius 2 is 1.71 bits per heavy atom. The van der Waals surface area contributed by atoms with Crippen LogP contribution in [-0.4, -0.2) is 24.5 Å². The molecule has 1 amide bonds. The molecule has 2 aromatic rings. The van der Waals surface area contributed by atoms with Crippen molar-refractivity contribution in [2.75, 3.05) is 6.61 Å². The van der Waals surface area contributed by atoms with E-state index in [9.17, 15) is 9.59 Å². The molecule has 0 saturated heterocycles. The predicted molar refractivity (Wildman–Crippen MR) is 93.8 cm³/mol. The molecule has 1 N–H and O–H groups in total. The highest BCUT2D eigenvalue weighted by Crippen LogP contribution is 2.08. The van der Waals surface area contributed by atoms with Crippen molar-refractivity contribution in [3.8, 4) is 0 Å². The fourth-order valence-corrected chi connectivity index (χ4v) is 2.43. The third-order valence-corrected chi connectivity index (χ3v) is 3.82. The van der Waals surface area contributed by atoms with Gasteiger partial charge in [0.1, 0.15) is 0 Å². The summed E-state index contributed by atoms with van der Waals surface area (Å²) in [7, 11) is 0. The minimum atomic E-state index is -0.472. The molecule has 0 heterocycles. The smallest absolute Gasteiger partial charge is 0.338 e. The lowest BCUT2D eigenvalue weighted by Gasteiger charge is -2.14. The third kappa shape index (κ3) is 5.54. The van der Waals surface area contributed by atoms with Gasteiger partial charge in [-0.3, -0.25) is 4.79 Å². The molecule has 0 fully saturated rings. The summed E-state index contributed by atoms with van der Waals surface area (Å²) in [5, 5.41) is 2.86. The highest BCUT2D eigenvalue weighted by atomic mass is 16.5. The molecule has 0 radical (unpaired) electrons. The van der Waals surface area contributed by atoms with Gasteiger partial charge < -0.3 is 10.1 Å². The van der Waals surface area contributed by atoms with Crippen LogP contribution < -0.4 is 5.32 Å². The third-order valence-electron chi connectivity index (χ3n) is 3.82. The Kier molecular flexibility index (Phi) is 6.55. The van der Waals surface area contributed by atoms with E-state index in [-0.39, 0.29) is 18.6 Å². The summed E-state index contributed by atoms with van der Waals surface area (Å²) in [6.45, 7) is 3.52. The molecule has 0 bridgehead atoms. The lowest BCUT2D eigenvalue weighted by Crippen LogP contribution is -2.36. The van der Waals surface area contributed by atoms with Crippen molar-refractivity contribution in [2.24, 2.45) is 0 Å². The van der Waals surface area contributed by atoms with Crippen LogP contribution in [0.1, 0.15) is 34.8 Å². The molecule has 24 heavy (non-hydrogen) atoms. The molecule has 1 atom stereocenters. The largest absolute Gasteiger partial charge is 0.452 e. The normalized spacial score (nSPS) is 11.6. The standard InChI is InChI=1S/C20H23NO3/c1-15-8-6-7-11-18(15)20(23)24-14-19(22)21-16(2)12-13-17-9-4-3-5-10-17/h3-11,16H,12-14H2,1-2H3,(H,21,22). The monoisotopic (exact) mass is 325 g/mol. The van der Waals surface area contributed by atoms with Crippen molar-refractivity contribution in [1.82, 2.24) is 5.32 Å². The van der Waals surface area contributed by atoms with Gasteiger partial charge >= 0.3 is 5.97 Å². The molecule has 0 aliphatic carbocycles. The predicted octanol–water partition coefficient (Wildman–Crippen LogP) is 3.29. The molecule has 2 aromatic carbocycles. The van der Waals surface area contributed by atoms with Gasteiger partial charge in [-0.2, -0.15) is 0 Å². The average molecular weight is 325 g/mol. The van der Waals surface area contributed by atoms with E-state index in [1.54, 1.807) is 12.1 Å². The molecule has 0 saturated carbocycles. The first-order chi connectivity index (χ1) is 11.6. The van der Waals surface area contributed by atoms with Gasteiger partial charge in [0.15, 0.2) is 6.61 Å². The summed E-state index contributed by atoms with van der Waals surface area (Å²) in [5.74, 6) is -0.752. The van der Waals surface area contributed by atoms with E-state index in [1.807, 2.05) is 44.2 Å². The van der Waals surface area contributed by atoms with E-state index < -0.39 is 5.97 Å². The van der Waals surface area contributed by atoms with Crippen LogP contribution in [0.5, 0.6) is 0 Å². The average Bonchev–Trinajstić information content (AvgIpc) is 2.59. The lowest BCUT2D eigenvalue weighted by atomic mass is 10.1. The summed E-state index contributed by atoms with van der Waals surface area (Å²) in [4.78, 5) is 23.9. The summed E-state index contributed by atoms with van der Waals surface area (Å²) >= 11 is 0. The Morgan fingerprint density at radius 3 is 2.42 bits per heavy atom. The minimum absolute atomic E-state index is 0.0230. The van der Waals surface area contributed by atoms with Gasteiger partial charge in [0, 0.05) is 6.04 Å². The van der Waals surface area contributed by atoms with Crippen molar-refractivity contribution in [1.29, 1.82) is 0 Å². The first-order valence-corrected chi connectivity index (χ1v) is 8.12. The van der Waals surface area contributed by atoms with Crippen LogP contribution in [0.15, 0.2) is 54.6 Å². The molecule has 4 heteroatoms. The van der Waals surface area contributed by atoms with Crippen molar-refractivity contribution in [3.05, 3.63) is 71.3 Å². The maximum Gasteiger partial charge on any atom is 0.338 e. The SMILES string of the molecule is Cc1ccccc1C(=O)OCC(=O)NC(C)CCc1ccccc1. The van der Waals surface area contributed by atoms with Crippen LogP contribution >= 0.6 is 0 Å². The molecule has 0 aliphatic rings. The minimum Gasteiger partial charge on any atom is -0.452 e. The topological polar surface area (TPSA) is 55.4 Å². The summed E-state index contributed by atoms with van der Waals surface area (Å²) in [6.07, 6.45) is 1.73. The summed E-state index contributed by atoms with van der Waals surface area (Å²) in [5.41, 5.74) is 2.56. The van der Waals surface area contributed by atoms with Gasteiger partial charge in [0.25, 0.3) is 5.91 Å². The zero-order chi connectivity index (χ0) is 17.4. The van der Waals surface area contributed by atoms with E-state index in [2.05, 4.69) is 17.4 Å². The maximum absolute atomic E-state index is 12.0. The molecular weight excluding hydrogens is 302 g/mol. The Balaban J connectivity index is 1.72. The van der Waals surface area contributed by atoms with Gasteiger partial charge in [0.05, 0.1) is 5.56 Å². The number of esters is 1. The molecule has 126 valence electrons. The van der Waals surface area contributed by atoms with E-state index in [0.29, 0.717) is 5.56 Å². The quantitative estimate of drug-likeness (QED) is 0.795. The summed E-state index contributed by atoms with van der Waals surface area (Å²) in [6, 6.07) is 17.3. The fraction of sp³-hybridized carbons (Fsp3) is 0.300. The number of ether oxygens (including phenoxy) is 1. The van der Waals surface area contributed by atoms with E-state index in [4.69, 9.17) is 4.74 Å².